The summed E-state index contributed by atoms with van der Waals surface area (Å²) in [7, 11) is 1.26. The number of carbonyl (C=O) groups excluding carboxylic acids is 1. The molecule has 9 heteroatoms. The van der Waals surface area contributed by atoms with Crippen molar-refractivity contribution in [2.75, 3.05) is 40.9 Å². The zero-order chi connectivity index (χ0) is 58.4. The number of carbonyl (C=O) groups is 1. The van der Waals surface area contributed by atoms with E-state index in [0.717, 1.165) is 38.5 Å². The summed E-state index contributed by atoms with van der Waals surface area (Å²) in [5.74, 6) is -0.201. The Kier molecular flexibility index (Phi) is 61.3. The number of likely N-dealkylation sites (N-methyl/N-ethyl adjacent to an activating group) is 1. The van der Waals surface area contributed by atoms with Gasteiger partial charge < -0.3 is 28.8 Å². The highest BCUT2D eigenvalue weighted by Gasteiger charge is 2.23. The Balaban J connectivity index is 4.08. The van der Waals surface area contributed by atoms with Crippen molar-refractivity contribution in [3.8, 4) is 0 Å². The van der Waals surface area contributed by atoms with Crippen LogP contribution in [0.3, 0.4) is 0 Å². The van der Waals surface area contributed by atoms with E-state index in [4.69, 9.17) is 9.05 Å². The fourth-order valence-electron chi connectivity index (χ4n) is 10.8. The molecule has 0 rings (SSSR count). The largest absolute Gasteiger partial charge is 0.756 e. The molecule has 474 valence electrons. The molecular formula is C71H139N2O6P. The normalized spacial score (nSPS) is 13.8. The number of nitrogens with one attached hydrogen (secondary N) is 1. The van der Waals surface area contributed by atoms with Gasteiger partial charge in [-0.05, 0) is 57.8 Å². The minimum Gasteiger partial charge on any atom is -0.756 e. The van der Waals surface area contributed by atoms with Crippen molar-refractivity contribution in [2.45, 2.75) is 373 Å². The molecule has 0 bridgehead atoms. The summed E-state index contributed by atoms with van der Waals surface area (Å²) in [5, 5.41) is 13.9. The van der Waals surface area contributed by atoms with Crippen molar-refractivity contribution in [3.05, 3.63) is 36.5 Å². The van der Waals surface area contributed by atoms with Crippen LogP contribution in [0.25, 0.3) is 0 Å². The first-order chi connectivity index (χ1) is 39.0. The first-order valence-corrected chi connectivity index (χ1v) is 36.8. The summed E-state index contributed by atoms with van der Waals surface area (Å²) in [6.45, 7) is 4.69. The first-order valence-electron chi connectivity index (χ1n) is 35.4. The lowest BCUT2D eigenvalue weighted by Crippen LogP contribution is -2.45. The summed E-state index contributed by atoms with van der Waals surface area (Å²) in [6.07, 6.45) is 82.8. The molecule has 0 fully saturated rings. The second kappa shape index (κ2) is 62.3. The van der Waals surface area contributed by atoms with E-state index < -0.39 is 20.0 Å². The van der Waals surface area contributed by atoms with Gasteiger partial charge in [-0.25, -0.2) is 0 Å². The van der Waals surface area contributed by atoms with E-state index in [-0.39, 0.29) is 19.1 Å². The van der Waals surface area contributed by atoms with Crippen LogP contribution in [0.2, 0.25) is 0 Å². The van der Waals surface area contributed by atoms with Crippen molar-refractivity contribution in [3.63, 3.8) is 0 Å². The van der Waals surface area contributed by atoms with Crippen LogP contribution in [0.1, 0.15) is 361 Å². The number of rotatable bonds is 66. The smallest absolute Gasteiger partial charge is 0.268 e. The molecule has 0 aromatic carbocycles. The lowest BCUT2D eigenvalue weighted by molar-refractivity contribution is -0.870. The molecule has 3 unspecified atom stereocenters. The molecule has 1 amide bonds. The van der Waals surface area contributed by atoms with Gasteiger partial charge in [0.25, 0.3) is 7.82 Å². The van der Waals surface area contributed by atoms with E-state index in [1.807, 2.05) is 27.2 Å². The van der Waals surface area contributed by atoms with E-state index >= 15 is 0 Å². The van der Waals surface area contributed by atoms with Gasteiger partial charge >= 0.3 is 0 Å². The van der Waals surface area contributed by atoms with E-state index in [9.17, 15) is 19.4 Å². The number of hydrogen-bond acceptors (Lipinski definition) is 6. The summed E-state index contributed by atoms with van der Waals surface area (Å²) < 4.78 is 23.4. The van der Waals surface area contributed by atoms with Crippen LogP contribution < -0.4 is 10.2 Å². The van der Waals surface area contributed by atoms with Crippen molar-refractivity contribution in [1.29, 1.82) is 0 Å². The number of phosphoric ester groups is 1. The molecule has 0 heterocycles. The predicted molar refractivity (Wildman–Crippen MR) is 348 cm³/mol. The van der Waals surface area contributed by atoms with Crippen LogP contribution in [0.5, 0.6) is 0 Å². The van der Waals surface area contributed by atoms with Crippen LogP contribution in [-0.4, -0.2) is 68.5 Å². The van der Waals surface area contributed by atoms with Gasteiger partial charge in [-0.3, -0.25) is 9.36 Å². The zero-order valence-electron chi connectivity index (χ0n) is 54.3. The Labute approximate surface area is 499 Å². The molecule has 0 saturated carbocycles. The summed E-state index contributed by atoms with van der Waals surface area (Å²) in [6, 6.07) is -0.904. The predicted octanol–water partition coefficient (Wildman–Crippen LogP) is 21.8. The highest BCUT2D eigenvalue weighted by molar-refractivity contribution is 7.45. The number of aliphatic hydroxyl groups excluding tert-OH is 1. The van der Waals surface area contributed by atoms with E-state index in [1.165, 1.54) is 302 Å². The number of unbranched alkanes of at least 4 members (excludes halogenated alkanes) is 49. The van der Waals surface area contributed by atoms with Gasteiger partial charge in [0.2, 0.25) is 5.91 Å². The van der Waals surface area contributed by atoms with Gasteiger partial charge in [0.1, 0.15) is 13.2 Å². The molecule has 0 aliphatic carbocycles. The molecule has 0 radical (unpaired) electrons. The third-order valence-corrected chi connectivity index (χ3v) is 17.3. The minimum absolute atomic E-state index is 0.00480. The number of quaternary nitrogens is 1. The highest BCUT2D eigenvalue weighted by atomic mass is 31.2. The van der Waals surface area contributed by atoms with Crippen LogP contribution in [-0.2, 0) is 18.4 Å². The van der Waals surface area contributed by atoms with E-state index in [1.54, 1.807) is 6.08 Å². The van der Waals surface area contributed by atoms with Gasteiger partial charge in [0.05, 0.1) is 39.9 Å². The molecule has 0 spiro atoms. The minimum atomic E-state index is -4.61. The average molecular weight is 1150 g/mol. The molecule has 0 aliphatic rings. The van der Waals surface area contributed by atoms with E-state index in [0.29, 0.717) is 17.4 Å². The third kappa shape index (κ3) is 64.3. The number of hydrogen-bond donors (Lipinski definition) is 2. The average Bonchev–Trinajstić information content (AvgIpc) is 3.42. The quantitative estimate of drug-likeness (QED) is 0.0272. The summed E-state index contributed by atoms with van der Waals surface area (Å²) >= 11 is 0. The SMILES string of the molecule is CCCCCCCCCC/C=C\CCCCCCCCCCCCCCCCCC(=O)NC(COP(=O)([O-])OCC[N+](C)(C)C)C(O)/C=C/CC/C=C/CCCCCCCCCCCCCCCCCCCCCCCCCCC. The Hall–Kier alpha value is -1.28. The van der Waals surface area contributed by atoms with Crippen LogP contribution in [0, 0.1) is 0 Å². The number of phosphoric acid groups is 1. The topological polar surface area (TPSA) is 108 Å². The molecule has 8 nitrogen and oxygen atoms in total. The first kappa shape index (κ1) is 78.7. The van der Waals surface area contributed by atoms with Crippen LogP contribution >= 0.6 is 7.82 Å². The molecular weight excluding hydrogens is 1010 g/mol. The van der Waals surface area contributed by atoms with Crippen molar-refractivity contribution in [2.24, 2.45) is 0 Å². The fourth-order valence-corrected chi connectivity index (χ4v) is 11.5. The highest BCUT2D eigenvalue weighted by Crippen LogP contribution is 2.38. The molecule has 2 N–H and O–H groups in total. The van der Waals surface area contributed by atoms with Crippen LogP contribution in [0.15, 0.2) is 36.5 Å². The second-order valence-corrected chi connectivity index (χ2v) is 27.0. The monoisotopic (exact) mass is 1150 g/mol. The maximum Gasteiger partial charge on any atom is 0.268 e. The molecule has 0 saturated heterocycles. The van der Waals surface area contributed by atoms with Gasteiger partial charge in [0, 0.05) is 6.42 Å². The number of amides is 1. The zero-order valence-corrected chi connectivity index (χ0v) is 55.2. The third-order valence-electron chi connectivity index (χ3n) is 16.3. The van der Waals surface area contributed by atoms with Gasteiger partial charge in [-0.15, -0.1) is 0 Å². The Bertz CT molecular complexity index is 1400. The summed E-state index contributed by atoms with van der Waals surface area (Å²) in [4.78, 5) is 25.6. The lowest BCUT2D eigenvalue weighted by Gasteiger charge is -2.29. The maximum absolute atomic E-state index is 13.0. The summed E-state index contributed by atoms with van der Waals surface area (Å²) in [5.41, 5.74) is 0. The number of allylic oxidation sites excluding steroid dienone is 5. The van der Waals surface area contributed by atoms with Gasteiger partial charge in [0.15, 0.2) is 0 Å². The molecule has 0 aromatic heterocycles. The Morgan fingerprint density at radius 3 is 1.01 bits per heavy atom. The van der Waals surface area contributed by atoms with Crippen LogP contribution in [0.4, 0.5) is 0 Å². The van der Waals surface area contributed by atoms with Gasteiger partial charge in [-0.2, -0.15) is 0 Å². The molecule has 0 aliphatic heterocycles. The molecule has 80 heavy (non-hydrogen) atoms. The van der Waals surface area contributed by atoms with Crippen molar-refractivity contribution < 1.29 is 32.9 Å². The molecule has 0 aromatic rings. The molecule has 3 atom stereocenters. The Morgan fingerprint density at radius 1 is 0.425 bits per heavy atom. The maximum atomic E-state index is 13.0. The van der Waals surface area contributed by atoms with E-state index in [2.05, 4.69) is 43.5 Å². The van der Waals surface area contributed by atoms with Crippen molar-refractivity contribution >= 4 is 13.7 Å². The second-order valence-electron chi connectivity index (χ2n) is 25.6. The number of aliphatic hydroxyl groups is 1. The standard InChI is InChI=1S/C71H139N2O6P/c1-6-8-10-12-14-16-18-20-22-24-26-28-30-32-34-35-36-37-39-40-42-44-46-48-50-52-54-56-58-60-62-64-70(74)69(68-79-80(76,77)78-67-66-73(3,4)5)72-71(75)65-63-61-59-57-55-53-51-49-47-45-43-41-38-33-31-29-27-25-23-21-19-17-15-13-11-9-7-2/h25,27,54,56,62,64,69-70,74H,6-24,26,28-53,55,57-61,63,65-68H2,1-5H3,(H-,72,75,76,77)/b27-25-,56-54+,64-62+. The van der Waals surface area contributed by atoms with Crippen molar-refractivity contribution in [1.82, 2.24) is 5.32 Å². The lowest BCUT2D eigenvalue weighted by atomic mass is 10.0. The Morgan fingerprint density at radius 2 is 0.700 bits per heavy atom. The fraction of sp³-hybridized carbons (Fsp3) is 0.901. The van der Waals surface area contributed by atoms with Gasteiger partial charge in [-0.1, -0.05) is 333 Å². The number of nitrogens with zero attached hydrogens (tertiary/aromatic N) is 1.